The van der Waals surface area contributed by atoms with Crippen molar-refractivity contribution < 1.29 is 9.59 Å². The molecule has 0 N–H and O–H groups in total. The molecule has 0 aromatic heterocycles. The topological polar surface area (TPSA) is 37.4 Å². The summed E-state index contributed by atoms with van der Waals surface area (Å²) in [5.41, 5.74) is 4.35. The summed E-state index contributed by atoms with van der Waals surface area (Å²) in [5.74, 6) is -0.531. The third-order valence-corrected chi connectivity index (χ3v) is 6.30. The lowest BCUT2D eigenvalue weighted by Gasteiger charge is -2.15. The van der Waals surface area contributed by atoms with Gasteiger partial charge in [-0.3, -0.25) is 14.5 Å². The summed E-state index contributed by atoms with van der Waals surface area (Å²) in [6.45, 7) is 4.25. The number of carbonyl (C=O) groups excluding carboxylic acids is 2. The molecule has 1 heterocycles. The lowest BCUT2D eigenvalue weighted by molar-refractivity contribution is -0.137. The van der Waals surface area contributed by atoms with E-state index in [0.717, 1.165) is 27.1 Å². The summed E-state index contributed by atoms with van der Waals surface area (Å²) in [5, 5.41) is 0.627. The van der Waals surface area contributed by atoms with Gasteiger partial charge in [0.05, 0.1) is 17.0 Å². The standard InChI is InChI=1S/C25H20ClNO2S/c1-16-3-7-18(8-4-16)15-27-24(28)22(19-9-5-17(2)6-10-19)23(25(27)29)30-21-13-11-20(26)12-14-21/h3-14H,15H2,1-2H3. The Kier molecular flexibility index (Phi) is 5.80. The van der Waals surface area contributed by atoms with E-state index in [4.69, 9.17) is 11.6 Å². The summed E-state index contributed by atoms with van der Waals surface area (Å²) < 4.78 is 0. The molecule has 0 atom stereocenters. The van der Waals surface area contributed by atoms with Crippen LogP contribution in [0.5, 0.6) is 0 Å². The van der Waals surface area contributed by atoms with Crippen molar-refractivity contribution in [2.24, 2.45) is 0 Å². The molecule has 0 unspecified atom stereocenters. The molecule has 0 saturated heterocycles. The Morgan fingerprint density at radius 2 is 1.33 bits per heavy atom. The molecular formula is C25H20ClNO2S. The van der Waals surface area contributed by atoms with Crippen molar-refractivity contribution in [3.63, 3.8) is 0 Å². The third-order valence-electron chi connectivity index (χ3n) is 4.96. The average molecular weight is 434 g/mol. The minimum Gasteiger partial charge on any atom is -0.269 e. The van der Waals surface area contributed by atoms with Gasteiger partial charge in [0.2, 0.25) is 0 Å². The first-order valence-electron chi connectivity index (χ1n) is 9.59. The summed E-state index contributed by atoms with van der Waals surface area (Å²) in [7, 11) is 0. The van der Waals surface area contributed by atoms with Gasteiger partial charge >= 0.3 is 0 Å². The zero-order chi connectivity index (χ0) is 21.3. The zero-order valence-corrected chi connectivity index (χ0v) is 18.3. The van der Waals surface area contributed by atoms with Gasteiger partial charge in [0.25, 0.3) is 11.8 Å². The summed E-state index contributed by atoms with van der Waals surface area (Å²) in [6, 6.07) is 22.8. The van der Waals surface area contributed by atoms with Crippen LogP contribution in [0.3, 0.4) is 0 Å². The summed E-state index contributed by atoms with van der Waals surface area (Å²) in [4.78, 5) is 29.3. The lowest BCUT2D eigenvalue weighted by atomic mass is 10.0. The van der Waals surface area contributed by atoms with Gasteiger partial charge in [-0.15, -0.1) is 0 Å². The first kappa shape index (κ1) is 20.5. The van der Waals surface area contributed by atoms with Crippen molar-refractivity contribution >= 4 is 40.8 Å². The second kappa shape index (κ2) is 8.50. The SMILES string of the molecule is Cc1ccc(CN2C(=O)C(Sc3ccc(Cl)cc3)=C(c3ccc(C)cc3)C2=O)cc1. The number of hydrogen-bond acceptors (Lipinski definition) is 3. The molecule has 0 saturated carbocycles. The van der Waals surface area contributed by atoms with E-state index in [1.807, 2.05) is 74.5 Å². The van der Waals surface area contributed by atoms with E-state index in [1.165, 1.54) is 16.7 Å². The van der Waals surface area contributed by atoms with E-state index < -0.39 is 0 Å². The highest BCUT2D eigenvalue weighted by molar-refractivity contribution is 8.04. The van der Waals surface area contributed by atoms with Gasteiger partial charge in [-0.1, -0.05) is 83.0 Å². The number of nitrogens with zero attached hydrogens (tertiary/aromatic N) is 1. The highest BCUT2D eigenvalue weighted by Crippen LogP contribution is 2.40. The number of imide groups is 1. The van der Waals surface area contributed by atoms with Crippen molar-refractivity contribution in [3.05, 3.63) is 105 Å². The fourth-order valence-electron chi connectivity index (χ4n) is 3.26. The molecule has 0 aliphatic carbocycles. The maximum absolute atomic E-state index is 13.3. The van der Waals surface area contributed by atoms with Crippen molar-refractivity contribution in [1.82, 2.24) is 4.90 Å². The van der Waals surface area contributed by atoms with Crippen LogP contribution in [0.4, 0.5) is 0 Å². The number of carbonyl (C=O) groups is 2. The second-order valence-electron chi connectivity index (χ2n) is 7.31. The maximum atomic E-state index is 13.3. The predicted octanol–water partition coefficient (Wildman–Crippen LogP) is 6.03. The molecule has 0 radical (unpaired) electrons. The normalized spacial score (nSPS) is 14.0. The monoisotopic (exact) mass is 433 g/mol. The van der Waals surface area contributed by atoms with E-state index in [2.05, 4.69) is 0 Å². The van der Waals surface area contributed by atoms with E-state index in [-0.39, 0.29) is 18.4 Å². The molecule has 1 aliphatic heterocycles. The zero-order valence-electron chi connectivity index (χ0n) is 16.7. The van der Waals surface area contributed by atoms with Crippen LogP contribution in [0.2, 0.25) is 5.02 Å². The van der Waals surface area contributed by atoms with Gasteiger partial charge in [-0.25, -0.2) is 0 Å². The Morgan fingerprint density at radius 1 is 0.767 bits per heavy atom. The average Bonchev–Trinajstić information content (AvgIpc) is 2.96. The number of thioether (sulfide) groups is 1. The van der Waals surface area contributed by atoms with Crippen molar-refractivity contribution in [2.75, 3.05) is 0 Å². The van der Waals surface area contributed by atoms with Crippen LogP contribution >= 0.6 is 23.4 Å². The maximum Gasteiger partial charge on any atom is 0.268 e. The van der Waals surface area contributed by atoms with Crippen molar-refractivity contribution in [3.8, 4) is 0 Å². The van der Waals surface area contributed by atoms with Crippen LogP contribution in [0.15, 0.2) is 82.6 Å². The number of benzene rings is 3. The minimum atomic E-state index is -0.268. The highest BCUT2D eigenvalue weighted by Gasteiger charge is 2.39. The van der Waals surface area contributed by atoms with Gasteiger partial charge in [-0.05, 0) is 49.2 Å². The Hall–Kier alpha value is -2.82. The Bertz CT molecular complexity index is 1130. The Balaban J connectivity index is 1.72. The van der Waals surface area contributed by atoms with Crippen LogP contribution < -0.4 is 0 Å². The first-order valence-corrected chi connectivity index (χ1v) is 10.8. The number of amides is 2. The highest BCUT2D eigenvalue weighted by atomic mass is 35.5. The Labute approximate surface area is 185 Å². The largest absolute Gasteiger partial charge is 0.269 e. The molecule has 5 heteroatoms. The molecule has 3 aromatic carbocycles. The molecule has 150 valence electrons. The predicted molar refractivity (Wildman–Crippen MR) is 122 cm³/mol. The quantitative estimate of drug-likeness (QED) is 0.461. The summed E-state index contributed by atoms with van der Waals surface area (Å²) >= 11 is 7.30. The lowest BCUT2D eigenvalue weighted by Crippen LogP contribution is -2.30. The molecule has 1 aliphatic rings. The third kappa shape index (κ3) is 4.20. The molecule has 3 aromatic rings. The van der Waals surface area contributed by atoms with Crippen LogP contribution in [0.25, 0.3) is 5.57 Å². The van der Waals surface area contributed by atoms with Crippen LogP contribution in [-0.4, -0.2) is 16.7 Å². The fraction of sp³-hybridized carbons (Fsp3) is 0.120. The van der Waals surface area contributed by atoms with E-state index in [1.54, 1.807) is 12.1 Å². The fourth-order valence-corrected chi connectivity index (χ4v) is 4.40. The molecule has 2 amide bonds. The van der Waals surface area contributed by atoms with Crippen molar-refractivity contribution in [2.45, 2.75) is 25.3 Å². The van der Waals surface area contributed by atoms with Gasteiger partial charge in [-0.2, -0.15) is 0 Å². The summed E-state index contributed by atoms with van der Waals surface area (Å²) in [6.07, 6.45) is 0. The number of halogens is 1. The van der Waals surface area contributed by atoms with Crippen LogP contribution in [0, 0.1) is 13.8 Å². The molecule has 30 heavy (non-hydrogen) atoms. The van der Waals surface area contributed by atoms with E-state index >= 15 is 0 Å². The molecule has 0 fully saturated rings. The molecule has 3 nitrogen and oxygen atoms in total. The minimum absolute atomic E-state index is 0.248. The molecule has 0 spiro atoms. The van der Waals surface area contributed by atoms with E-state index in [0.29, 0.717) is 15.5 Å². The smallest absolute Gasteiger partial charge is 0.268 e. The molecule has 0 bridgehead atoms. The number of hydrogen-bond donors (Lipinski definition) is 0. The van der Waals surface area contributed by atoms with Crippen LogP contribution in [0.1, 0.15) is 22.3 Å². The first-order chi connectivity index (χ1) is 14.4. The van der Waals surface area contributed by atoms with Crippen LogP contribution in [-0.2, 0) is 16.1 Å². The molecule has 4 rings (SSSR count). The van der Waals surface area contributed by atoms with Gasteiger partial charge in [0.15, 0.2) is 0 Å². The van der Waals surface area contributed by atoms with E-state index in [9.17, 15) is 9.59 Å². The molecular weight excluding hydrogens is 414 g/mol. The van der Waals surface area contributed by atoms with Gasteiger partial charge in [0, 0.05) is 9.92 Å². The number of aryl methyl sites for hydroxylation is 2. The Morgan fingerprint density at radius 3 is 1.93 bits per heavy atom. The second-order valence-corrected chi connectivity index (χ2v) is 8.83. The van der Waals surface area contributed by atoms with Gasteiger partial charge in [0.1, 0.15) is 0 Å². The van der Waals surface area contributed by atoms with Gasteiger partial charge < -0.3 is 0 Å². The number of rotatable bonds is 5. The van der Waals surface area contributed by atoms with Crippen molar-refractivity contribution in [1.29, 1.82) is 0 Å².